The number of carbonyl (C=O) groups excluding carboxylic acids is 1. The summed E-state index contributed by atoms with van der Waals surface area (Å²) in [5.41, 5.74) is 1.56. The number of ether oxygens (including phenoxy) is 1. The summed E-state index contributed by atoms with van der Waals surface area (Å²) in [7, 11) is 0. The van der Waals surface area contributed by atoms with Crippen LogP contribution in [0.4, 0.5) is 5.13 Å². The van der Waals surface area contributed by atoms with Crippen LogP contribution in [0.25, 0.3) is 10.2 Å². The zero-order chi connectivity index (χ0) is 16.9. The van der Waals surface area contributed by atoms with Crippen LogP contribution in [0.5, 0.6) is 5.75 Å². The normalized spacial score (nSPS) is 11.6. The Morgan fingerprint density at radius 2 is 1.92 bits per heavy atom. The van der Waals surface area contributed by atoms with Crippen molar-refractivity contribution < 1.29 is 9.53 Å². The molecular formula is C19H21BrN2O2S. The Morgan fingerprint density at radius 3 is 2.60 bits per heavy atom. The van der Waals surface area contributed by atoms with Crippen molar-refractivity contribution in [3.63, 3.8) is 0 Å². The number of carbonyl (C=O) groups is 1. The van der Waals surface area contributed by atoms with Crippen molar-refractivity contribution in [2.75, 3.05) is 11.9 Å². The molecule has 1 atom stereocenters. The Labute approximate surface area is 162 Å². The Bertz CT molecular complexity index is 836. The Kier molecular flexibility index (Phi) is 6.96. The largest absolute Gasteiger partial charge is 0.492 e. The fourth-order valence-electron chi connectivity index (χ4n) is 2.56. The first-order chi connectivity index (χ1) is 11.7. The number of hydrogen-bond acceptors (Lipinski definition) is 5. The van der Waals surface area contributed by atoms with E-state index in [1.165, 1.54) is 11.3 Å². The minimum Gasteiger partial charge on any atom is -0.492 e. The lowest BCUT2D eigenvalue weighted by Gasteiger charge is -2.14. The molecule has 4 nitrogen and oxygen atoms in total. The van der Waals surface area contributed by atoms with E-state index in [0.717, 1.165) is 21.1 Å². The Balaban J connectivity index is 0.00000225. The molecule has 1 aromatic heterocycles. The standard InChI is InChI=1S/C19H20N2O2S.BrH/c1-3-14(18(22)13-9-6-5-7-10-13)20-19-21-17-15(23-4-2)11-8-12-16(17)24-19;/h5-12,14H,3-4H2,1-2H3,(H,20,21);1H. The minimum atomic E-state index is -0.288. The number of halogens is 1. The lowest BCUT2D eigenvalue weighted by molar-refractivity contribution is 0.0968. The molecule has 0 aliphatic carbocycles. The molecule has 0 amide bonds. The van der Waals surface area contributed by atoms with E-state index in [9.17, 15) is 4.79 Å². The molecule has 1 N–H and O–H groups in total. The van der Waals surface area contributed by atoms with Gasteiger partial charge < -0.3 is 10.1 Å². The molecule has 0 spiro atoms. The maximum absolute atomic E-state index is 12.7. The van der Waals surface area contributed by atoms with Crippen LogP contribution in [-0.2, 0) is 0 Å². The van der Waals surface area contributed by atoms with E-state index in [1.807, 2.05) is 62.4 Å². The number of hydrogen-bond donors (Lipinski definition) is 1. The molecule has 25 heavy (non-hydrogen) atoms. The van der Waals surface area contributed by atoms with Crippen LogP contribution >= 0.6 is 28.3 Å². The van der Waals surface area contributed by atoms with Crippen molar-refractivity contribution in [2.45, 2.75) is 26.3 Å². The minimum absolute atomic E-state index is 0. The number of Topliss-reactive ketones (excluding diaryl/α,β-unsaturated/α-hetero) is 1. The maximum atomic E-state index is 12.7. The van der Waals surface area contributed by atoms with Crippen molar-refractivity contribution in [3.05, 3.63) is 54.1 Å². The third-order valence-corrected chi connectivity index (χ3v) is 4.71. The van der Waals surface area contributed by atoms with Crippen LogP contribution in [-0.4, -0.2) is 23.4 Å². The van der Waals surface area contributed by atoms with E-state index < -0.39 is 0 Å². The van der Waals surface area contributed by atoms with Crippen molar-refractivity contribution in [1.82, 2.24) is 4.98 Å². The average molecular weight is 421 g/mol. The van der Waals surface area contributed by atoms with Gasteiger partial charge in [-0.25, -0.2) is 4.98 Å². The summed E-state index contributed by atoms with van der Waals surface area (Å²) < 4.78 is 6.68. The van der Waals surface area contributed by atoms with Crippen LogP contribution in [0, 0.1) is 0 Å². The molecular weight excluding hydrogens is 400 g/mol. The SMILES string of the molecule is Br.CCOc1cccc2sc(NC(CC)C(=O)c3ccccc3)nc12. The molecule has 0 bridgehead atoms. The van der Waals surface area contributed by atoms with Gasteiger partial charge in [0.1, 0.15) is 11.3 Å². The van der Waals surface area contributed by atoms with Gasteiger partial charge in [0.2, 0.25) is 0 Å². The van der Waals surface area contributed by atoms with Gasteiger partial charge in [0, 0.05) is 5.56 Å². The van der Waals surface area contributed by atoms with Crippen molar-refractivity contribution in [2.24, 2.45) is 0 Å². The molecule has 3 rings (SSSR count). The summed E-state index contributed by atoms with van der Waals surface area (Å²) in [6.07, 6.45) is 0.696. The predicted molar refractivity (Wildman–Crippen MR) is 110 cm³/mol. The zero-order valence-electron chi connectivity index (χ0n) is 14.2. The number of aromatic nitrogens is 1. The molecule has 0 radical (unpaired) electrons. The summed E-state index contributed by atoms with van der Waals surface area (Å²) in [5.74, 6) is 0.865. The van der Waals surface area contributed by atoms with Gasteiger partial charge in [-0.2, -0.15) is 0 Å². The monoisotopic (exact) mass is 420 g/mol. The highest BCUT2D eigenvalue weighted by atomic mass is 79.9. The number of ketones is 1. The molecule has 2 aromatic carbocycles. The Morgan fingerprint density at radius 1 is 1.16 bits per heavy atom. The van der Waals surface area contributed by atoms with E-state index in [-0.39, 0.29) is 28.8 Å². The molecule has 0 saturated heterocycles. The summed E-state index contributed by atoms with van der Waals surface area (Å²) in [4.78, 5) is 17.3. The van der Waals surface area contributed by atoms with E-state index in [4.69, 9.17) is 4.74 Å². The number of nitrogens with one attached hydrogen (secondary N) is 1. The highest BCUT2D eigenvalue weighted by molar-refractivity contribution is 8.93. The lowest BCUT2D eigenvalue weighted by atomic mass is 10.0. The maximum Gasteiger partial charge on any atom is 0.185 e. The van der Waals surface area contributed by atoms with Crippen molar-refractivity contribution >= 4 is 49.4 Å². The second-order valence-corrected chi connectivity index (χ2v) is 6.42. The molecule has 6 heteroatoms. The number of fused-ring (bicyclic) bond motifs is 1. The van der Waals surface area contributed by atoms with Crippen molar-refractivity contribution in [3.8, 4) is 5.75 Å². The van der Waals surface area contributed by atoms with Gasteiger partial charge in [0.05, 0.1) is 17.3 Å². The quantitative estimate of drug-likeness (QED) is 0.523. The lowest BCUT2D eigenvalue weighted by Crippen LogP contribution is -2.28. The van der Waals surface area contributed by atoms with Crippen molar-refractivity contribution in [1.29, 1.82) is 0 Å². The van der Waals surface area contributed by atoms with Gasteiger partial charge in [-0.1, -0.05) is 54.7 Å². The number of thiazole rings is 1. The first-order valence-electron chi connectivity index (χ1n) is 8.11. The summed E-state index contributed by atoms with van der Waals surface area (Å²) in [5, 5.41) is 4.03. The van der Waals surface area contributed by atoms with Gasteiger partial charge in [-0.05, 0) is 25.5 Å². The number of anilines is 1. The molecule has 0 aliphatic rings. The summed E-state index contributed by atoms with van der Waals surface area (Å²) >= 11 is 1.54. The molecule has 0 aliphatic heterocycles. The van der Waals surface area contributed by atoms with Gasteiger partial charge in [-0.15, -0.1) is 17.0 Å². The van der Waals surface area contributed by atoms with Crippen LogP contribution in [0.3, 0.4) is 0 Å². The van der Waals surface area contributed by atoms with Crippen LogP contribution in [0.1, 0.15) is 30.6 Å². The second kappa shape index (κ2) is 8.97. The van der Waals surface area contributed by atoms with E-state index in [1.54, 1.807) is 0 Å². The van der Waals surface area contributed by atoms with Gasteiger partial charge >= 0.3 is 0 Å². The predicted octanol–water partition coefficient (Wildman–Crippen LogP) is 5.35. The third-order valence-electron chi connectivity index (χ3n) is 3.76. The zero-order valence-corrected chi connectivity index (χ0v) is 16.7. The fraction of sp³-hybridized carbons (Fsp3) is 0.263. The number of rotatable bonds is 7. The number of benzene rings is 2. The highest BCUT2D eigenvalue weighted by Gasteiger charge is 2.20. The Hall–Kier alpha value is -1.92. The van der Waals surface area contributed by atoms with Crippen LogP contribution < -0.4 is 10.1 Å². The van der Waals surface area contributed by atoms with Crippen LogP contribution in [0.2, 0.25) is 0 Å². The van der Waals surface area contributed by atoms with Crippen LogP contribution in [0.15, 0.2) is 48.5 Å². The van der Waals surface area contributed by atoms with Gasteiger partial charge in [0.15, 0.2) is 10.9 Å². The third kappa shape index (κ3) is 4.38. The second-order valence-electron chi connectivity index (χ2n) is 5.39. The van der Waals surface area contributed by atoms with E-state index in [0.29, 0.717) is 18.6 Å². The molecule has 132 valence electrons. The first kappa shape index (κ1) is 19.4. The highest BCUT2D eigenvalue weighted by Crippen LogP contribution is 2.32. The molecule has 1 heterocycles. The average Bonchev–Trinajstić information content (AvgIpc) is 3.04. The number of para-hydroxylation sites is 1. The molecule has 3 aromatic rings. The topological polar surface area (TPSA) is 51.2 Å². The first-order valence-corrected chi connectivity index (χ1v) is 8.92. The molecule has 0 saturated carbocycles. The molecule has 1 unspecified atom stereocenters. The molecule has 0 fully saturated rings. The summed E-state index contributed by atoms with van der Waals surface area (Å²) in [6.45, 7) is 4.55. The summed E-state index contributed by atoms with van der Waals surface area (Å²) in [6, 6.07) is 15.0. The van der Waals surface area contributed by atoms with Gasteiger partial charge in [-0.3, -0.25) is 4.79 Å². The van der Waals surface area contributed by atoms with E-state index >= 15 is 0 Å². The van der Waals surface area contributed by atoms with E-state index in [2.05, 4.69) is 10.3 Å². The van der Waals surface area contributed by atoms with Gasteiger partial charge in [0.25, 0.3) is 0 Å². The fourth-order valence-corrected chi connectivity index (χ4v) is 3.50. The number of nitrogens with zero attached hydrogens (tertiary/aromatic N) is 1. The smallest absolute Gasteiger partial charge is 0.185 e.